The smallest absolute Gasteiger partial charge is 0.254 e. The van der Waals surface area contributed by atoms with Gasteiger partial charge in [0.2, 0.25) is 5.91 Å². The molecule has 39 heavy (non-hydrogen) atoms. The molecule has 1 aliphatic carbocycles. The lowest BCUT2D eigenvalue weighted by Crippen LogP contribution is -2.57. The third-order valence-electron chi connectivity index (χ3n) is 8.78. The molecule has 1 N–H and O–H groups in total. The number of piperidine rings is 1. The Morgan fingerprint density at radius 1 is 0.846 bits per heavy atom. The van der Waals surface area contributed by atoms with E-state index in [2.05, 4.69) is 10.2 Å². The number of anilines is 1. The van der Waals surface area contributed by atoms with Gasteiger partial charge in [0.05, 0.1) is 6.67 Å². The van der Waals surface area contributed by atoms with E-state index in [1.807, 2.05) is 77.7 Å². The minimum atomic E-state index is -0.762. The van der Waals surface area contributed by atoms with Crippen molar-refractivity contribution in [1.29, 1.82) is 0 Å². The lowest BCUT2D eigenvalue weighted by Gasteiger charge is -2.43. The first-order chi connectivity index (χ1) is 19.0. The van der Waals surface area contributed by atoms with E-state index in [1.165, 1.54) is 6.42 Å². The van der Waals surface area contributed by atoms with Crippen LogP contribution in [-0.4, -0.2) is 65.4 Å². The fourth-order valence-corrected chi connectivity index (χ4v) is 6.68. The van der Waals surface area contributed by atoms with Gasteiger partial charge in [-0.1, -0.05) is 73.9 Å². The van der Waals surface area contributed by atoms with Gasteiger partial charge in [0.15, 0.2) is 0 Å². The summed E-state index contributed by atoms with van der Waals surface area (Å²) in [5, 5.41) is 5.15. The number of fused-ring (bicyclic) bond motifs is 1. The zero-order valence-corrected chi connectivity index (χ0v) is 22.4. The monoisotopic (exact) mass is 524 g/mol. The van der Waals surface area contributed by atoms with Gasteiger partial charge in [-0.15, -0.1) is 0 Å². The van der Waals surface area contributed by atoms with Crippen molar-refractivity contribution in [3.63, 3.8) is 0 Å². The quantitative estimate of drug-likeness (QED) is 0.531. The predicted molar refractivity (Wildman–Crippen MR) is 152 cm³/mol. The number of carbonyl (C=O) groups excluding carboxylic acids is 3. The van der Waals surface area contributed by atoms with Crippen molar-refractivity contribution < 1.29 is 14.4 Å². The van der Waals surface area contributed by atoms with Crippen LogP contribution in [0.4, 0.5) is 5.69 Å². The molecule has 6 rings (SSSR count). The van der Waals surface area contributed by atoms with Crippen molar-refractivity contribution >= 4 is 34.2 Å². The molecule has 3 aromatic rings. The van der Waals surface area contributed by atoms with Crippen LogP contribution in [0.15, 0.2) is 72.8 Å². The molecule has 2 aliphatic heterocycles. The largest absolute Gasteiger partial charge is 0.352 e. The molecular formula is C32H36N4O3. The van der Waals surface area contributed by atoms with Crippen LogP contribution in [0, 0.1) is 0 Å². The third kappa shape index (κ3) is 4.86. The summed E-state index contributed by atoms with van der Waals surface area (Å²) in [7, 11) is 0. The molecule has 0 atom stereocenters. The molecule has 7 heteroatoms. The molecule has 202 valence electrons. The van der Waals surface area contributed by atoms with Crippen LogP contribution in [0.5, 0.6) is 0 Å². The average Bonchev–Trinajstić information content (AvgIpc) is 3.24. The second-order valence-electron chi connectivity index (χ2n) is 11.2. The SMILES string of the molecule is O=C(CN1CN(c2ccccc2)C2(CCN(C(=O)c3cccc4ccccc34)CC2)C1=O)NC1CCCCC1. The van der Waals surface area contributed by atoms with E-state index in [0.29, 0.717) is 38.2 Å². The zero-order chi connectivity index (χ0) is 26.8. The summed E-state index contributed by atoms with van der Waals surface area (Å²) >= 11 is 0. The maximum absolute atomic E-state index is 14.0. The number of para-hydroxylation sites is 1. The molecule has 0 radical (unpaired) electrons. The highest BCUT2D eigenvalue weighted by Gasteiger charge is 2.54. The van der Waals surface area contributed by atoms with Gasteiger partial charge in [0.25, 0.3) is 11.8 Å². The molecule has 3 aromatic carbocycles. The highest BCUT2D eigenvalue weighted by atomic mass is 16.2. The molecule has 2 heterocycles. The molecular weight excluding hydrogens is 488 g/mol. The minimum Gasteiger partial charge on any atom is -0.352 e. The molecule has 1 saturated carbocycles. The Hall–Kier alpha value is -3.87. The van der Waals surface area contributed by atoms with E-state index >= 15 is 0 Å². The van der Waals surface area contributed by atoms with Gasteiger partial charge in [-0.25, -0.2) is 0 Å². The fraction of sp³-hybridized carbons (Fsp3) is 0.406. The number of hydrogen-bond donors (Lipinski definition) is 1. The molecule has 0 aromatic heterocycles. The Morgan fingerprint density at radius 3 is 2.31 bits per heavy atom. The zero-order valence-electron chi connectivity index (χ0n) is 22.4. The molecule has 0 bridgehead atoms. The van der Waals surface area contributed by atoms with Crippen LogP contribution in [0.2, 0.25) is 0 Å². The van der Waals surface area contributed by atoms with Gasteiger partial charge in [-0.2, -0.15) is 0 Å². The van der Waals surface area contributed by atoms with Gasteiger partial charge < -0.3 is 20.0 Å². The van der Waals surface area contributed by atoms with Gasteiger partial charge in [0.1, 0.15) is 12.1 Å². The number of carbonyl (C=O) groups is 3. The van der Waals surface area contributed by atoms with Crippen LogP contribution < -0.4 is 10.2 Å². The maximum Gasteiger partial charge on any atom is 0.254 e. The number of nitrogens with one attached hydrogen (secondary N) is 1. The Labute approximate surface area is 229 Å². The van der Waals surface area contributed by atoms with E-state index in [-0.39, 0.29) is 30.3 Å². The Balaban J connectivity index is 1.20. The second-order valence-corrected chi connectivity index (χ2v) is 11.2. The van der Waals surface area contributed by atoms with Crippen LogP contribution in [0.25, 0.3) is 10.8 Å². The summed E-state index contributed by atoms with van der Waals surface area (Å²) in [6.07, 6.45) is 6.60. The number of benzene rings is 3. The van der Waals surface area contributed by atoms with Crippen molar-refractivity contribution in [1.82, 2.24) is 15.1 Å². The van der Waals surface area contributed by atoms with Crippen molar-refractivity contribution in [2.45, 2.75) is 56.5 Å². The van der Waals surface area contributed by atoms with Gasteiger partial charge >= 0.3 is 0 Å². The average molecular weight is 525 g/mol. The fourth-order valence-electron chi connectivity index (χ4n) is 6.68. The summed E-state index contributed by atoms with van der Waals surface area (Å²) < 4.78 is 0. The molecule has 3 aliphatic rings. The third-order valence-corrected chi connectivity index (χ3v) is 8.78. The van der Waals surface area contributed by atoms with E-state index < -0.39 is 5.54 Å². The first-order valence-corrected chi connectivity index (χ1v) is 14.2. The number of nitrogens with zero attached hydrogens (tertiary/aromatic N) is 3. The standard InChI is InChI=1S/C32H36N4O3/c37-29(33-25-12-3-1-4-13-25)22-35-23-36(26-14-5-2-6-15-26)32(31(35)39)18-20-34(21-19-32)30(38)28-17-9-11-24-10-7-8-16-27(24)28/h2,5-11,14-17,25H,1,3-4,12-13,18-23H2,(H,33,37). The molecule has 3 amide bonds. The van der Waals surface area contributed by atoms with E-state index in [9.17, 15) is 14.4 Å². The summed E-state index contributed by atoms with van der Waals surface area (Å²) in [4.78, 5) is 46.3. The lowest BCUT2D eigenvalue weighted by molar-refractivity contribution is -0.137. The predicted octanol–water partition coefficient (Wildman–Crippen LogP) is 4.57. The Kier molecular flexibility index (Phi) is 6.98. The number of hydrogen-bond acceptors (Lipinski definition) is 4. The minimum absolute atomic E-state index is 0.00192. The van der Waals surface area contributed by atoms with Crippen LogP contribution in [0.3, 0.4) is 0 Å². The first kappa shape index (κ1) is 25.4. The van der Waals surface area contributed by atoms with Gasteiger partial charge in [-0.05, 0) is 54.7 Å². The van der Waals surface area contributed by atoms with Gasteiger partial charge in [-0.3, -0.25) is 14.4 Å². The summed E-state index contributed by atoms with van der Waals surface area (Å²) in [5.41, 5.74) is 0.903. The highest BCUT2D eigenvalue weighted by Crippen LogP contribution is 2.40. The van der Waals surface area contributed by atoms with Crippen molar-refractivity contribution in [2.75, 3.05) is 31.2 Å². The lowest BCUT2D eigenvalue weighted by atomic mass is 9.85. The molecule has 0 unspecified atom stereocenters. The Bertz CT molecular complexity index is 1350. The number of likely N-dealkylation sites (tertiary alicyclic amines) is 1. The van der Waals surface area contributed by atoms with E-state index in [1.54, 1.807) is 4.90 Å². The first-order valence-electron chi connectivity index (χ1n) is 14.2. The second kappa shape index (κ2) is 10.7. The van der Waals surface area contributed by atoms with Crippen LogP contribution in [0.1, 0.15) is 55.3 Å². The van der Waals surface area contributed by atoms with Crippen LogP contribution in [-0.2, 0) is 9.59 Å². The highest BCUT2D eigenvalue weighted by molar-refractivity contribution is 6.07. The number of rotatable bonds is 5. The normalized spacial score (nSPS) is 19.6. The topological polar surface area (TPSA) is 73.0 Å². The molecule has 1 spiro atoms. The van der Waals surface area contributed by atoms with Crippen LogP contribution >= 0.6 is 0 Å². The molecule has 3 fully saturated rings. The Morgan fingerprint density at radius 2 is 1.54 bits per heavy atom. The summed E-state index contributed by atoms with van der Waals surface area (Å²) in [6, 6.07) is 24.0. The van der Waals surface area contributed by atoms with E-state index in [4.69, 9.17) is 0 Å². The van der Waals surface area contributed by atoms with E-state index in [0.717, 1.165) is 42.1 Å². The van der Waals surface area contributed by atoms with Crippen molar-refractivity contribution in [2.24, 2.45) is 0 Å². The molecule has 7 nitrogen and oxygen atoms in total. The summed E-state index contributed by atoms with van der Waals surface area (Å²) in [5.74, 6) is -0.0895. The maximum atomic E-state index is 14.0. The summed E-state index contributed by atoms with van der Waals surface area (Å²) in [6.45, 7) is 1.41. The van der Waals surface area contributed by atoms with Crippen molar-refractivity contribution in [3.8, 4) is 0 Å². The number of amides is 3. The molecule has 2 saturated heterocycles. The van der Waals surface area contributed by atoms with Gasteiger partial charge in [0, 0.05) is 30.4 Å². The van der Waals surface area contributed by atoms with Crippen molar-refractivity contribution in [3.05, 3.63) is 78.4 Å².